The minimum atomic E-state index is 0.244. The Bertz CT molecular complexity index is 521. The Morgan fingerprint density at radius 1 is 1.25 bits per heavy atom. The van der Waals surface area contributed by atoms with Gasteiger partial charge in [0.1, 0.15) is 6.07 Å². The number of anilines is 1. The van der Waals surface area contributed by atoms with E-state index in [0.29, 0.717) is 10.6 Å². The third kappa shape index (κ3) is 2.39. The van der Waals surface area contributed by atoms with Gasteiger partial charge in [0.15, 0.2) is 0 Å². The van der Waals surface area contributed by atoms with Crippen molar-refractivity contribution in [2.75, 3.05) is 24.5 Å². The number of piperazine rings is 1. The summed E-state index contributed by atoms with van der Waals surface area (Å²) in [4.78, 5) is 2.52. The van der Waals surface area contributed by atoms with E-state index in [1.807, 2.05) is 18.2 Å². The first kappa shape index (κ1) is 13.7. The molecular weight excluding hydrogens is 270 g/mol. The van der Waals surface area contributed by atoms with Gasteiger partial charge in [-0.3, -0.25) is 0 Å². The Morgan fingerprint density at radius 2 is 2.05 bits per heavy atom. The highest BCUT2D eigenvalue weighted by atomic mass is 35.5. The number of hydrogen-bond acceptors (Lipinski definition) is 3. The number of halogens is 1. The molecule has 2 fully saturated rings. The molecule has 1 spiro atoms. The number of benzene rings is 1. The Morgan fingerprint density at radius 3 is 2.75 bits per heavy atom. The van der Waals surface area contributed by atoms with Crippen LogP contribution in [0.15, 0.2) is 18.2 Å². The van der Waals surface area contributed by atoms with Gasteiger partial charge in [-0.05, 0) is 31.0 Å². The molecule has 0 amide bonds. The van der Waals surface area contributed by atoms with E-state index in [-0.39, 0.29) is 5.54 Å². The topological polar surface area (TPSA) is 39.1 Å². The first-order chi connectivity index (χ1) is 9.75. The van der Waals surface area contributed by atoms with Crippen molar-refractivity contribution in [1.82, 2.24) is 5.32 Å². The van der Waals surface area contributed by atoms with Crippen molar-refractivity contribution < 1.29 is 0 Å². The molecule has 0 radical (unpaired) electrons. The van der Waals surface area contributed by atoms with E-state index < -0.39 is 0 Å². The summed E-state index contributed by atoms with van der Waals surface area (Å²) in [5, 5.41) is 13.1. The molecule has 1 saturated carbocycles. The lowest BCUT2D eigenvalue weighted by Crippen LogP contribution is -2.62. The van der Waals surface area contributed by atoms with Crippen molar-refractivity contribution in [3.8, 4) is 6.07 Å². The molecule has 1 aromatic carbocycles. The van der Waals surface area contributed by atoms with Gasteiger partial charge in [0.2, 0.25) is 0 Å². The van der Waals surface area contributed by atoms with Crippen molar-refractivity contribution in [3.05, 3.63) is 28.8 Å². The molecule has 1 heterocycles. The zero-order valence-corrected chi connectivity index (χ0v) is 12.4. The minimum absolute atomic E-state index is 0.244. The summed E-state index contributed by atoms with van der Waals surface area (Å²) in [7, 11) is 0. The van der Waals surface area contributed by atoms with Crippen LogP contribution in [0.5, 0.6) is 0 Å². The molecule has 0 bridgehead atoms. The quantitative estimate of drug-likeness (QED) is 0.862. The zero-order valence-electron chi connectivity index (χ0n) is 11.7. The van der Waals surface area contributed by atoms with Gasteiger partial charge in [0.05, 0.1) is 16.1 Å². The van der Waals surface area contributed by atoms with Gasteiger partial charge >= 0.3 is 0 Å². The van der Waals surface area contributed by atoms with Gasteiger partial charge in [-0.1, -0.05) is 30.9 Å². The average molecular weight is 290 g/mol. The van der Waals surface area contributed by atoms with Crippen LogP contribution in [0.25, 0.3) is 0 Å². The monoisotopic (exact) mass is 289 g/mol. The van der Waals surface area contributed by atoms with Gasteiger partial charge in [0, 0.05) is 25.3 Å². The van der Waals surface area contributed by atoms with Crippen molar-refractivity contribution >= 4 is 17.3 Å². The van der Waals surface area contributed by atoms with E-state index in [1.165, 1.54) is 32.1 Å². The van der Waals surface area contributed by atoms with Crippen LogP contribution in [0, 0.1) is 11.3 Å². The van der Waals surface area contributed by atoms with Crippen LogP contribution in [-0.4, -0.2) is 25.2 Å². The number of nitrogens with one attached hydrogen (secondary N) is 1. The van der Waals surface area contributed by atoms with Crippen LogP contribution in [0.3, 0.4) is 0 Å². The fraction of sp³-hybridized carbons (Fsp3) is 0.562. The first-order valence-corrected chi connectivity index (χ1v) is 7.81. The van der Waals surface area contributed by atoms with E-state index >= 15 is 0 Å². The van der Waals surface area contributed by atoms with Crippen molar-refractivity contribution in [2.45, 2.75) is 37.6 Å². The zero-order chi connectivity index (χ0) is 14.0. The van der Waals surface area contributed by atoms with E-state index in [2.05, 4.69) is 16.3 Å². The Hall–Kier alpha value is -1.24. The maximum Gasteiger partial charge on any atom is 0.101 e. The third-order valence-corrected chi connectivity index (χ3v) is 5.02. The lowest BCUT2D eigenvalue weighted by atomic mass is 9.78. The summed E-state index contributed by atoms with van der Waals surface area (Å²) in [6.07, 6.45) is 6.46. The summed E-state index contributed by atoms with van der Waals surface area (Å²) in [5.41, 5.74) is 1.97. The second-order valence-corrected chi connectivity index (χ2v) is 6.30. The van der Waals surface area contributed by atoms with E-state index in [1.54, 1.807) is 0 Å². The highest BCUT2D eigenvalue weighted by Crippen LogP contribution is 2.38. The van der Waals surface area contributed by atoms with Crippen LogP contribution in [-0.2, 0) is 0 Å². The minimum Gasteiger partial charge on any atom is -0.363 e. The highest BCUT2D eigenvalue weighted by Gasteiger charge is 2.39. The molecule has 2 aliphatic rings. The highest BCUT2D eigenvalue weighted by molar-refractivity contribution is 6.32. The molecule has 0 aromatic heterocycles. The van der Waals surface area contributed by atoms with Gasteiger partial charge in [-0.2, -0.15) is 5.26 Å². The fourth-order valence-corrected chi connectivity index (χ4v) is 3.88. The molecular formula is C16H20ClN3. The summed E-state index contributed by atoms with van der Waals surface area (Å²) in [6.45, 7) is 3.09. The number of nitrogens with zero attached hydrogens (tertiary/aromatic N) is 2. The lowest BCUT2D eigenvalue weighted by molar-refractivity contribution is 0.241. The second kappa shape index (κ2) is 5.63. The predicted molar refractivity (Wildman–Crippen MR) is 82.2 cm³/mol. The molecule has 20 heavy (non-hydrogen) atoms. The van der Waals surface area contributed by atoms with E-state index in [0.717, 1.165) is 25.3 Å². The molecule has 1 N–H and O–H groups in total. The van der Waals surface area contributed by atoms with E-state index in [4.69, 9.17) is 16.9 Å². The molecule has 1 aromatic rings. The molecule has 1 aliphatic heterocycles. The SMILES string of the molecule is N#Cc1ccc(N2CCNCC23CCCCC3)cc1Cl. The van der Waals surface area contributed by atoms with Gasteiger partial charge in [-0.25, -0.2) is 0 Å². The van der Waals surface area contributed by atoms with Crippen LogP contribution in [0.2, 0.25) is 5.02 Å². The normalized spacial score (nSPS) is 21.7. The summed E-state index contributed by atoms with van der Waals surface area (Å²) < 4.78 is 0. The summed E-state index contributed by atoms with van der Waals surface area (Å²) >= 11 is 6.21. The number of nitriles is 1. The lowest BCUT2D eigenvalue weighted by Gasteiger charge is -2.51. The Kier molecular flexibility index (Phi) is 3.87. The van der Waals surface area contributed by atoms with Crippen LogP contribution in [0.1, 0.15) is 37.7 Å². The smallest absolute Gasteiger partial charge is 0.101 e. The van der Waals surface area contributed by atoms with Gasteiger partial charge in [-0.15, -0.1) is 0 Å². The molecule has 0 unspecified atom stereocenters. The van der Waals surface area contributed by atoms with Crippen LogP contribution in [0.4, 0.5) is 5.69 Å². The van der Waals surface area contributed by atoms with Gasteiger partial charge in [0.25, 0.3) is 0 Å². The molecule has 3 nitrogen and oxygen atoms in total. The Labute approximate surface area is 125 Å². The second-order valence-electron chi connectivity index (χ2n) is 5.89. The molecule has 106 valence electrons. The predicted octanol–water partition coefficient (Wildman–Crippen LogP) is 3.32. The third-order valence-electron chi connectivity index (χ3n) is 4.71. The van der Waals surface area contributed by atoms with Crippen molar-refractivity contribution in [3.63, 3.8) is 0 Å². The average Bonchev–Trinajstić information content (AvgIpc) is 2.48. The molecule has 3 rings (SSSR count). The largest absolute Gasteiger partial charge is 0.363 e. The number of hydrogen-bond donors (Lipinski definition) is 1. The van der Waals surface area contributed by atoms with Crippen LogP contribution < -0.4 is 10.2 Å². The first-order valence-electron chi connectivity index (χ1n) is 7.43. The fourth-order valence-electron chi connectivity index (χ4n) is 3.67. The standard InChI is InChI=1S/C16H20ClN3/c17-15-10-14(5-4-13(15)11-18)20-9-8-19-12-16(20)6-2-1-3-7-16/h4-5,10,19H,1-3,6-9,12H2. The summed E-state index contributed by atoms with van der Waals surface area (Å²) in [6, 6.07) is 7.98. The van der Waals surface area contributed by atoms with E-state index in [9.17, 15) is 0 Å². The summed E-state index contributed by atoms with van der Waals surface area (Å²) in [5.74, 6) is 0. The Balaban J connectivity index is 1.93. The van der Waals surface area contributed by atoms with Crippen molar-refractivity contribution in [1.29, 1.82) is 5.26 Å². The van der Waals surface area contributed by atoms with Gasteiger partial charge < -0.3 is 10.2 Å². The maximum atomic E-state index is 9.00. The molecule has 4 heteroatoms. The molecule has 1 saturated heterocycles. The van der Waals surface area contributed by atoms with Crippen molar-refractivity contribution in [2.24, 2.45) is 0 Å². The number of rotatable bonds is 1. The molecule has 0 atom stereocenters. The molecule has 1 aliphatic carbocycles. The maximum absolute atomic E-state index is 9.00. The van der Waals surface area contributed by atoms with Crippen LogP contribution >= 0.6 is 11.6 Å².